The summed E-state index contributed by atoms with van der Waals surface area (Å²) in [5.74, 6) is 0. The molecule has 0 aliphatic heterocycles. The predicted molar refractivity (Wildman–Crippen MR) is 54.4 cm³/mol. The van der Waals surface area contributed by atoms with Crippen LogP contribution in [0.1, 0.15) is 0 Å². The van der Waals surface area contributed by atoms with Gasteiger partial charge in [-0.1, -0.05) is 11.6 Å². The third-order valence-corrected chi connectivity index (χ3v) is 2.36. The summed E-state index contributed by atoms with van der Waals surface area (Å²) in [7, 11) is 0. The van der Waals surface area contributed by atoms with Crippen molar-refractivity contribution in [2.24, 2.45) is 0 Å². The summed E-state index contributed by atoms with van der Waals surface area (Å²) in [6, 6.07) is -2.02. The van der Waals surface area contributed by atoms with Crippen molar-refractivity contribution in [1.29, 1.82) is 0 Å². The molecule has 0 N–H and O–H groups in total. The van der Waals surface area contributed by atoms with Crippen LogP contribution in [0.3, 0.4) is 0 Å². The molecule has 12 heteroatoms. The molecule has 0 heterocycles. The van der Waals surface area contributed by atoms with Gasteiger partial charge < -0.3 is 5.53 Å². The quantitative estimate of drug-likeness (QED) is 0.308. The van der Waals surface area contributed by atoms with Gasteiger partial charge in [0.2, 0.25) is 5.03 Å². The van der Waals surface area contributed by atoms with Crippen molar-refractivity contribution >= 4 is 17.3 Å². The minimum atomic E-state index is -2.02. The summed E-state index contributed by atoms with van der Waals surface area (Å²) in [6.45, 7) is 0. The maximum atomic E-state index is 10.7. The smallest absolute Gasteiger partial charge is 0.361 e. The highest BCUT2D eigenvalue weighted by atomic mass is 35.5. The highest BCUT2D eigenvalue weighted by molar-refractivity contribution is 6.34. The Kier molecular flexibility index (Phi) is 3.50. The van der Waals surface area contributed by atoms with Crippen LogP contribution in [0.25, 0.3) is 5.53 Å². The Balaban J connectivity index is 3.61. The molecule has 1 aliphatic rings. The normalized spacial score (nSPS) is 19.1. The molecular weight excluding hydrogens is 274 g/mol. The molecule has 0 aromatic heterocycles. The van der Waals surface area contributed by atoms with Crippen molar-refractivity contribution in [3.05, 3.63) is 58.4 Å². The number of allylic oxidation sites excluding steroid dienone is 1. The maximum Gasteiger partial charge on any atom is 0.447 e. The van der Waals surface area contributed by atoms with Gasteiger partial charge in [-0.2, -0.15) is 4.79 Å². The van der Waals surface area contributed by atoms with Gasteiger partial charge in [-0.25, -0.2) is 0 Å². The Bertz CT molecular complexity index is 573. The molecule has 0 saturated heterocycles. The zero-order chi connectivity index (χ0) is 14.0. The van der Waals surface area contributed by atoms with E-state index >= 15 is 0 Å². The summed E-state index contributed by atoms with van der Waals surface area (Å²) >= 11 is 5.40. The van der Waals surface area contributed by atoms with E-state index < -0.39 is 42.9 Å². The largest absolute Gasteiger partial charge is 0.447 e. The Morgan fingerprint density at radius 2 is 1.78 bits per heavy atom. The van der Waals surface area contributed by atoms with Crippen molar-refractivity contribution in [1.82, 2.24) is 0 Å². The lowest BCUT2D eigenvalue weighted by Gasteiger charge is -2.06. The SMILES string of the molecule is [N-]=[N+]=C1C([N+](=O)[O-])=C(Cl)C([N+](=O)[O-])=CC1[N+](=O)[O-]. The van der Waals surface area contributed by atoms with Crippen LogP contribution >= 0.6 is 11.6 Å². The molecule has 0 radical (unpaired) electrons. The van der Waals surface area contributed by atoms with Crippen molar-refractivity contribution in [2.75, 3.05) is 0 Å². The molecule has 0 saturated carbocycles. The van der Waals surface area contributed by atoms with Crippen LogP contribution in [0, 0.1) is 30.3 Å². The average molecular weight is 276 g/mol. The van der Waals surface area contributed by atoms with E-state index in [1.165, 1.54) is 0 Å². The lowest BCUT2D eigenvalue weighted by molar-refractivity contribution is -0.501. The molecule has 11 nitrogen and oxygen atoms in total. The molecule has 0 spiro atoms. The molecular formula is C6H2ClN5O6. The first kappa shape index (κ1) is 13.4. The molecule has 18 heavy (non-hydrogen) atoms. The molecule has 0 aromatic rings. The van der Waals surface area contributed by atoms with Gasteiger partial charge in [-0.05, 0) is 0 Å². The summed E-state index contributed by atoms with van der Waals surface area (Å²) in [6.07, 6.45) is 0.463. The molecule has 1 aliphatic carbocycles. The number of hydrogen-bond acceptors (Lipinski definition) is 6. The van der Waals surface area contributed by atoms with Crippen molar-refractivity contribution < 1.29 is 19.6 Å². The highest BCUT2D eigenvalue weighted by Crippen LogP contribution is 2.28. The van der Waals surface area contributed by atoms with Gasteiger partial charge >= 0.3 is 17.5 Å². The van der Waals surface area contributed by atoms with Gasteiger partial charge in [0.25, 0.3) is 5.70 Å². The molecule has 94 valence electrons. The van der Waals surface area contributed by atoms with E-state index in [1.807, 2.05) is 0 Å². The average Bonchev–Trinajstić information content (AvgIpc) is 2.26. The fourth-order valence-corrected chi connectivity index (χ4v) is 1.56. The number of nitro groups is 3. The number of rotatable bonds is 3. The van der Waals surface area contributed by atoms with Gasteiger partial charge in [0, 0.05) is 4.92 Å². The van der Waals surface area contributed by atoms with Gasteiger partial charge in [-0.15, -0.1) is 0 Å². The third-order valence-electron chi connectivity index (χ3n) is 1.99. The Morgan fingerprint density at radius 3 is 2.11 bits per heavy atom. The molecule has 1 rings (SSSR count). The van der Waals surface area contributed by atoms with E-state index in [2.05, 4.69) is 4.79 Å². The van der Waals surface area contributed by atoms with E-state index in [-0.39, 0.29) is 0 Å². The van der Waals surface area contributed by atoms with Gasteiger partial charge in [-0.3, -0.25) is 30.3 Å². The number of nitrogens with zero attached hydrogens (tertiary/aromatic N) is 5. The topological polar surface area (TPSA) is 166 Å². The standard InChI is InChI=1S/C6H2ClN5O6/c7-4-2(10(13)14)1-3(11(15)16)5(9-8)6(4)12(17)18/h1,3H. The van der Waals surface area contributed by atoms with Gasteiger partial charge in [0.15, 0.2) is 0 Å². The predicted octanol–water partition coefficient (Wildman–Crippen LogP) is 0.204. The first-order valence-corrected chi connectivity index (χ1v) is 4.45. The van der Waals surface area contributed by atoms with E-state index in [0.717, 1.165) is 0 Å². The van der Waals surface area contributed by atoms with Crippen LogP contribution in [-0.4, -0.2) is 31.3 Å². The number of halogens is 1. The van der Waals surface area contributed by atoms with Crippen molar-refractivity contribution in [3.8, 4) is 0 Å². The van der Waals surface area contributed by atoms with Crippen LogP contribution in [-0.2, 0) is 0 Å². The Morgan fingerprint density at radius 1 is 1.22 bits per heavy atom. The van der Waals surface area contributed by atoms with Crippen molar-refractivity contribution in [2.45, 2.75) is 6.04 Å². The number of hydrogen-bond donors (Lipinski definition) is 0. The first-order chi connectivity index (χ1) is 8.31. The van der Waals surface area contributed by atoms with Crippen LogP contribution < -0.4 is 0 Å². The monoisotopic (exact) mass is 275 g/mol. The summed E-state index contributed by atoms with van der Waals surface area (Å²) in [5, 5.41) is 30.9. The van der Waals surface area contributed by atoms with Crippen LogP contribution in [0.2, 0.25) is 0 Å². The van der Waals surface area contributed by atoms with E-state index in [9.17, 15) is 30.3 Å². The van der Waals surface area contributed by atoms with Crippen LogP contribution in [0.15, 0.2) is 22.5 Å². The Hall–Kier alpha value is -2.65. The molecule has 1 unspecified atom stereocenters. The molecule has 0 fully saturated rings. The Labute approximate surface area is 102 Å². The molecule has 0 amide bonds. The summed E-state index contributed by atoms with van der Waals surface area (Å²) < 4.78 is 0. The van der Waals surface area contributed by atoms with E-state index in [4.69, 9.17) is 17.1 Å². The molecule has 0 bridgehead atoms. The summed E-state index contributed by atoms with van der Waals surface area (Å²) in [4.78, 5) is 30.9. The van der Waals surface area contributed by atoms with E-state index in [1.54, 1.807) is 0 Å². The first-order valence-electron chi connectivity index (χ1n) is 4.07. The lowest BCUT2D eigenvalue weighted by Crippen LogP contribution is -2.36. The van der Waals surface area contributed by atoms with Crippen LogP contribution in [0.4, 0.5) is 0 Å². The highest BCUT2D eigenvalue weighted by Gasteiger charge is 2.52. The van der Waals surface area contributed by atoms with Crippen molar-refractivity contribution in [3.63, 3.8) is 0 Å². The third kappa shape index (κ3) is 2.07. The maximum absolute atomic E-state index is 10.7. The zero-order valence-corrected chi connectivity index (χ0v) is 8.97. The fourth-order valence-electron chi connectivity index (χ4n) is 1.26. The minimum Gasteiger partial charge on any atom is -0.361 e. The van der Waals surface area contributed by atoms with Gasteiger partial charge in [0.05, 0.1) is 15.9 Å². The molecule has 1 atom stereocenters. The second-order valence-corrected chi connectivity index (χ2v) is 3.32. The fraction of sp³-hybridized carbons (Fsp3) is 0.167. The zero-order valence-electron chi connectivity index (χ0n) is 8.22. The molecule has 0 aromatic carbocycles. The van der Waals surface area contributed by atoms with Crippen LogP contribution in [0.5, 0.6) is 0 Å². The second-order valence-electron chi connectivity index (χ2n) is 2.94. The lowest BCUT2D eigenvalue weighted by atomic mass is 10.0. The second kappa shape index (κ2) is 4.69. The van der Waals surface area contributed by atoms with Gasteiger partial charge in [0.1, 0.15) is 0 Å². The summed E-state index contributed by atoms with van der Waals surface area (Å²) in [5.41, 5.74) is 5.43. The van der Waals surface area contributed by atoms with E-state index in [0.29, 0.717) is 6.08 Å². The minimum absolute atomic E-state index is 0.463.